The molecule has 0 aliphatic heterocycles. The van der Waals surface area contributed by atoms with Crippen molar-refractivity contribution in [2.24, 2.45) is 0 Å². The predicted octanol–water partition coefficient (Wildman–Crippen LogP) is 7.07. The number of fused-ring (bicyclic) bond motifs is 8. The van der Waals surface area contributed by atoms with Gasteiger partial charge in [-0.3, -0.25) is 8.97 Å². The quantitative estimate of drug-likeness (QED) is 0.262. The first-order valence-electron chi connectivity index (χ1n) is 12.4. The molecule has 0 saturated heterocycles. The zero-order valence-electron chi connectivity index (χ0n) is 20.1. The molecule has 0 N–H and O–H groups in total. The second kappa shape index (κ2) is 7.73. The fourth-order valence-corrected chi connectivity index (χ4v) is 5.52. The zero-order valence-corrected chi connectivity index (χ0v) is 20.1. The second-order valence-corrected chi connectivity index (χ2v) is 9.30. The van der Waals surface area contributed by atoms with E-state index in [0.717, 1.165) is 60.6 Å². The topological polar surface area (TPSA) is 71.8 Å². The third kappa shape index (κ3) is 2.84. The molecule has 0 aliphatic rings. The van der Waals surface area contributed by atoms with Gasteiger partial charge < -0.3 is 0 Å². The Morgan fingerprint density at radius 3 is 2.39 bits per heavy atom. The van der Waals surface area contributed by atoms with Crippen LogP contribution in [0, 0.1) is 11.3 Å². The van der Waals surface area contributed by atoms with Crippen LogP contribution in [0.5, 0.6) is 0 Å². The van der Waals surface area contributed by atoms with Crippen LogP contribution in [0.4, 0.5) is 0 Å². The molecule has 6 heteroatoms. The van der Waals surface area contributed by atoms with Crippen molar-refractivity contribution in [3.05, 3.63) is 115 Å². The summed E-state index contributed by atoms with van der Waals surface area (Å²) < 4.78 is 4.24. The van der Waals surface area contributed by atoms with Crippen molar-refractivity contribution < 1.29 is 0 Å². The largest absolute Gasteiger partial charge is 0.300 e. The Kier molecular flexibility index (Phi) is 4.20. The van der Waals surface area contributed by atoms with Gasteiger partial charge in [0.1, 0.15) is 5.65 Å². The maximum absolute atomic E-state index is 9.51. The molecule has 0 saturated carbocycles. The Hall–Kier alpha value is -5.54. The van der Waals surface area contributed by atoms with E-state index in [4.69, 9.17) is 15.0 Å². The number of hydrogen-bond donors (Lipinski definition) is 0. The Balaban J connectivity index is 1.51. The van der Waals surface area contributed by atoms with Crippen LogP contribution in [0.1, 0.15) is 5.56 Å². The van der Waals surface area contributed by atoms with E-state index in [9.17, 15) is 5.26 Å². The average Bonchev–Trinajstić information content (AvgIpc) is 3.52. The van der Waals surface area contributed by atoms with Crippen LogP contribution in [0.15, 0.2) is 109 Å². The first kappa shape index (κ1) is 20.6. The summed E-state index contributed by atoms with van der Waals surface area (Å²) in [5.74, 6) is 0.579. The van der Waals surface area contributed by atoms with Crippen molar-refractivity contribution in [2.75, 3.05) is 0 Å². The predicted molar refractivity (Wildman–Crippen MR) is 150 cm³/mol. The van der Waals surface area contributed by atoms with Crippen molar-refractivity contribution in [3.8, 4) is 23.3 Å². The molecule has 0 atom stereocenters. The Morgan fingerprint density at radius 1 is 0.658 bits per heavy atom. The van der Waals surface area contributed by atoms with E-state index in [1.54, 1.807) is 6.07 Å². The normalized spacial score (nSPS) is 11.7. The van der Waals surface area contributed by atoms with Gasteiger partial charge in [-0.1, -0.05) is 54.6 Å². The molecule has 38 heavy (non-hydrogen) atoms. The number of benzene rings is 4. The fourth-order valence-electron chi connectivity index (χ4n) is 5.52. The highest BCUT2D eigenvalue weighted by Crippen LogP contribution is 2.37. The van der Waals surface area contributed by atoms with Crippen LogP contribution in [0.2, 0.25) is 0 Å². The smallest absolute Gasteiger partial charge is 0.235 e. The number of hydrogen-bond acceptors (Lipinski definition) is 4. The summed E-state index contributed by atoms with van der Waals surface area (Å²) in [6.45, 7) is 0. The summed E-state index contributed by atoms with van der Waals surface area (Å²) in [5.41, 5.74) is 8.04. The minimum atomic E-state index is 0.579. The molecule has 0 fully saturated rings. The van der Waals surface area contributed by atoms with Crippen molar-refractivity contribution in [1.82, 2.24) is 23.9 Å². The second-order valence-electron chi connectivity index (χ2n) is 9.30. The molecule has 0 amide bonds. The third-order valence-electron chi connectivity index (χ3n) is 7.17. The molecule has 0 radical (unpaired) electrons. The molecular formula is C32H18N6. The van der Waals surface area contributed by atoms with Gasteiger partial charge in [-0.15, -0.1) is 0 Å². The number of imidazole rings is 1. The molecule has 4 aromatic carbocycles. The first-order chi connectivity index (χ1) is 18.8. The lowest BCUT2D eigenvalue weighted by Gasteiger charge is -2.12. The van der Waals surface area contributed by atoms with Crippen molar-refractivity contribution in [3.63, 3.8) is 0 Å². The SMILES string of the molecule is N#Cc1cccc(-c2nc(-n3c4ccccc4c4c5nc6ccccn6c5ccc43)nc3ccccc23)c1. The number of pyridine rings is 1. The van der Waals surface area contributed by atoms with Gasteiger partial charge in [0.15, 0.2) is 0 Å². The zero-order chi connectivity index (χ0) is 25.2. The van der Waals surface area contributed by atoms with Crippen molar-refractivity contribution in [1.29, 1.82) is 5.26 Å². The number of aromatic nitrogens is 5. The molecule has 0 unspecified atom stereocenters. The summed E-state index contributed by atoms with van der Waals surface area (Å²) in [6, 6.07) is 36.5. The van der Waals surface area contributed by atoms with E-state index in [1.807, 2.05) is 72.9 Å². The highest BCUT2D eigenvalue weighted by Gasteiger charge is 2.20. The molecule has 176 valence electrons. The molecule has 4 heterocycles. The summed E-state index contributed by atoms with van der Waals surface area (Å²) in [7, 11) is 0. The summed E-state index contributed by atoms with van der Waals surface area (Å²) in [4.78, 5) is 15.2. The van der Waals surface area contributed by atoms with Gasteiger partial charge in [0.05, 0.1) is 44.9 Å². The van der Waals surface area contributed by atoms with Crippen molar-refractivity contribution >= 4 is 49.4 Å². The maximum atomic E-state index is 9.51. The minimum absolute atomic E-state index is 0.579. The van der Waals surface area contributed by atoms with E-state index in [1.165, 1.54) is 0 Å². The van der Waals surface area contributed by atoms with E-state index >= 15 is 0 Å². The molecule has 8 rings (SSSR count). The average molecular weight is 487 g/mol. The Labute approximate surface area is 216 Å². The van der Waals surface area contributed by atoms with E-state index < -0.39 is 0 Å². The van der Waals surface area contributed by atoms with E-state index in [2.05, 4.69) is 45.4 Å². The lowest BCUT2D eigenvalue weighted by atomic mass is 10.0. The monoisotopic (exact) mass is 486 g/mol. The van der Waals surface area contributed by atoms with Gasteiger partial charge in [-0.2, -0.15) is 5.26 Å². The summed E-state index contributed by atoms with van der Waals surface area (Å²) >= 11 is 0. The van der Waals surface area contributed by atoms with Crippen LogP contribution in [0.3, 0.4) is 0 Å². The highest BCUT2D eigenvalue weighted by molar-refractivity contribution is 6.20. The Morgan fingerprint density at radius 2 is 1.47 bits per heavy atom. The van der Waals surface area contributed by atoms with E-state index in [-0.39, 0.29) is 0 Å². The standard InChI is InChI=1S/C32H18N6/c33-19-20-8-7-9-21(18-20)30-22-10-1-3-12-24(22)34-32(36-30)38-25-13-4-2-11-23(25)29-26(38)15-16-27-31(29)35-28-14-5-6-17-37(27)28/h1-18H. The van der Waals surface area contributed by atoms with Crippen molar-refractivity contribution in [2.45, 2.75) is 0 Å². The highest BCUT2D eigenvalue weighted by atomic mass is 15.2. The van der Waals surface area contributed by atoms with Crippen LogP contribution in [-0.4, -0.2) is 23.9 Å². The molecule has 4 aromatic heterocycles. The van der Waals surface area contributed by atoms with Gasteiger partial charge in [-0.25, -0.2) is 15.0 Å². The lowest BCUT2D eigenvalue weighted by molar-refractivity contribution is 1.01. The first-order valence-corrected chi connectivity index (χ1v) is 12.4. The van der Waals surface area contributed by atoms with E-state index in [0.29, 0.717) is 11.5 Å². The fraction of sp³-hybridized carbons (Fsp3) is 0. The van der Waals surface area contributed by atoms with Gasteiger partial charge >= 0.3 is 0 Å². The summed E-state index contributed by atoms with van der Waals surface area (Å²) in [6.07, 6.45) is 2.05. The number of nitriles is 1. The lowest BCUT2D eigenvalue weighted by Crippen LogP contribution is -2.03. The molecule has 0 spiro atoms. The molecular weight excluding hydrogens is 468 g/mol. The maximum Gasteiger partial charge on any atom is 0.235 e. The minimum Gasteiger partial charge on any atom is -0.300 e. The summed E-state index contributed by atoms with van der Waals surface area (Å²) in [5, 5.41) is 12.6. The molecule has 0 aliphatic carbocycles. The molecule has 6 nitrogen and oxygen atoms in total. The van der Waals surface area contributed by atoms with Gasteiger partial charge in [0, 0.05) is 27.9 Å². The Bertz CT molecular complexity index is 2260. The van der Waals surface area contributed by atoms with Gasteiger partial charge in [0.2, 0.25) is 5.95 Å². The number of nitrogens with zero attached hydrogens (tertiary/aromatic N) is 6. The van der Waals surface area contributed by atoms with Crippen LogP contribution in [-0.2, 0) is 0 Å². The molecule has 8 aromatic rings. The van der Waals surface area contributed by atoms with Gasteiger partial charge in [0.25, 0.3) is 0 Å². The number of rotatable bonds is 2. The van der Waals surface area contributed by atoms with Crippen LogP contribution < -0.4 is 0 Å². The van der Waals surface area contributed by atoms with Crippen LogP contribution >= 0.6 is 0 Å². The third-order valence-corrected chi connectivity index (χ3v) is 7.17. The van der Waals surface area contributed by atoms with Crippen LogP contribution in [0.25, 0.3) is 66.6 Å². The van der Waals surface area contributed by atoms with Gasteiger partial charge in [-0.05, 0) is 48.5 Å². The molecule has 0 bridgehead atoms. The number of para-hydroxylation sites is 2.